The molecule has 0 spiro atoms. The van der Waals surface area contributed by atoms with Gasteiger partial charge in [-0.2, -0.15) is 0 Å². The van der Waals surface area contributed by atoms with Crippen LogP contribution < -0.4 is 0 Å². The van der Waals surface area contributed by atoms with E-state index in [-0.39, 0.29) is 17.6 Å². The van der Waals surface area contributed by atoms with Crippen LogP contribution >= 0.6 is 0 Å². The van der Waals surface area contributed by atoms with Crippen LogP contribution in [0.5, 0.6) is 0 Å². The maximum Gasteiger partial charge on any atom is 0.334 e. The zero-order chi connectivity index (χ0) is 20.8. The second-order valence-corrected chi connectivity index (χ2v) is 7.59. The lowest BCUT2D eigenvalue weighted by Gasteiger charge is -2.32. The molecular formula is C20H24O8. The van der Waals surface area contributed by atoms with Gasteiger partial charge in [-0.1, -0.05) is 12.7 Å². The minimum absolute atomic E-state index is 0.0115. The van der Waals surface area contributed by atoms with E-state index in [9.17, 15) is 24.6 Å². The van der Waals surface area contributed by atoms with Gasteiger partial charge < -0.3 is 24.4 Å². The van der Waals surface area contributed by atoms with Crippen molar-refractivity contribution in [2.24, 2.45) is 5.92 Å². The van der Waals surface area contributed by atoms with Crippen molar-refractivity contribution in [1.82, 2.24) is 0 Å². The molecule has 0 bridgehead atoms. The highest BCUT2D eigenvalue weighted by molar-refractivity contribution is 6.01. The maximum atomic E-state index is 12.5. The zero-order valence-corrected chi connectivity index (χ0v) is 16.0. The summed E-state index contributed by atoms with van der Waals surface area (Å²) in [5, 5.41) is 20.5. The smallest absolute Gasteiger partial charge is 0.334 e. The number of allylic oxidation sites excluding steroid dienone is 1. The lowest BCUT2D eigenvalue weighted by molar-refractivity contribution is -0.151. The first-order chi connectivity index (χ1) is 13.1. The minimum atomic E-state index is -1.51. The third-order valence-corrected chi connectivity index (χ3v) is 5.51. The standard InChI is InChI=1S/C20H24O8/c1-5-9(2)18(23)27-13-7-20(4,25)17-16(28-17)15(22)11(8-21)6-12-14(13)10(3)19(24)26-12/h5-6,12-14,16-17,21,25H,3,7-8H2,1-2,4H3. The number of ether oxygens (including phenoxy) is 3. The summed E-state index contributed by atoms with van der Waals surface area (Å²) in [7, 11) is 0. The number of esters is 2. The molecule has 28 heavy (non-hydrogen) atoms. The molecular weight excluding hydrogens is 368 g/mol. The fourth-order valence-electron chi connectivity index (χ4n) is 3.67. The van der Waals surface area contributed by atoms with Crippen LogP contribution in [0.25, 0.3) is 0 Å². The number of ketones is 1. The summed E-state index contributed by atoms with van der Waals surface area (Å²) in [5.74, 6) is -2.56. The van der Waals surface area contributed by atoms with Gasteiger partial charge in [0.1, 0.15) is 24.4 Å². The molecule has 0 amide bonds. The summed E-state index contributed by atoms with van der Waals surface area (Å²) in [6, 6.07) is 0. The van der Waals surface area contributed by atoms with E-state index in [1.807, 2.05) is 0 Å². The molecule has 3 rings (SSSR count). The molecule has 2 saturated heterocycles. The largest absolute Gasteiger partial charge is 0.458 e. The fourth-order valence-corrected chi connectivity index (χ4v) is 3.67. The highest BCUT2D eigenvalue weighted by atomic mass is 16.6. The van der Waals surface area contributed by atoms with E-state index in [0.717, 1.165) is 0 Å². The number of carbonyl (C=O) groups excluding carboxylic acids is 3. The summed E-state index contributed by atoms with van der Waals surface area (Å²) in [6.45, 7) is 7.92. The third-order valence-electron chi connectivity index (χ3n) is 5.51. The summed E-state index contributed by atoms with van der Waals surface area (Å²) in [6.07, 6.45) is -0.752. The number of carbonyl (C=O) groups is 3. The average Bonchev–Trinajstić information content (AvgIpc) is 3.40. The number of rotatable bonds is 3. The van der Waals surface area contributed by atoms with E-state index in [0.29, 0.717) is 5.57 Å². The second kappa shape index (κ2) is 7.27. The highest BCUT2D eigenvalue weighted by Crippen LogP contribution is 2.43. The van der Waals surface area contributed by atoms with Crippen LogP contribution in [0.1, 0.15) is 27.2 Å². The molecule has 0 radical (unpaired) electrons. The molecule has 1 aliphatic carbocycles. The number of Topliss-reactive ketones (excluding diaryl/α,β-unsaturated/α-hetero) is 1. The SMILES string of the molecule is C=C1C(=O)OC2C=C(CO)C(=O)C3OC3C(C)(O)CC(OC(=O)C(C)=CC)C12. The van der Waals surface area contributed by atoms with Crippen LogP contribution in [0.2, 0.25) is 0 Å². The highest BCUT2D eigenvalue weighted by Gasteiger charge is 2.59. The van der Waals surface area contributed by atoms with Crippen molar-refractivity contribution in [3.63, 3.8) is 0 Å². The minimum Gasteiger partial charge on any atom is -0.458 e. The first kappa shape index (κ1) is 20.4. The second-order valence-electron chi connectivity index (χ2n) is 7.59. The molecule has 0 aromatic carbocycles. The normalized spacial score (nSPS) is 38.2. The number of aliphatic hydroxyl groups is 2. The molecule has 2 aliphatic heterocycles. The van der Waals surface area contributed by atoms with E-state index in [2.05, 4.69) is 6.58 Å². The molecule has 2 heterocycles. The van der Waals surface area contributed by atoms with Crippen LogP contribution in [0.3, 0.4) is 0 Å². The molecule has 8 heteroatoms. The van der Waals surface area contributed by atoms with Gasteiger partial charge in [-0.15, -0.1) is 0 Å². The zero-order valence-electron chi connectivity index (χ0n) is 16.0. The van der Waals surface area contributed by atoms with Crippen molar-refractivity contribution >= 4 is 17.7 Å². The molecule has 0 aromatic heterocycles. The van der Waals surface area contributed by atoms with Gasteiger partial charge in [-0.25, -0.2) is 9.59 Å². The quantitative estimate of drug-likeness (QED) is 0.401. The Hall–Kier alpha value is -2.29. The Morgan fingerprint density at radius 1 is 1.46 bits per heavy atom. The van der Waals surface area contributed by atoms with E-state index in [1.54, 1.807) is 19.9 Å². The number of epoxide rings is 1. The van der Waals surface area contributed by atoms with Crippen molar-refractivity contribution in [2.45, 2.75) is 57.2 Å². The molecule has 3 aliphatic rings. The topological polar surface area (TPSA) is 123 Å². The lowest BCUT2D eigenvalue weighted by Crippen LogP contribution is -2.44. The molecule has 0 saturated carbocycles. The van der Waals surface area contributed by atoms with Crippen LogP contribution in [0.15, 0.2) is 35.5 Å². The van der Waals surface area contributed by atoms with E-state index in [4.69, 9.17) is 14.2 Å². The number of hydrogen-bond acceptors (Lipinski definition) is 8. The fraction of sp³-hybridized carbons (Fsp3) is 0.550. The van der Waals surface area contributed by atoms with E-state index in [1.165, 1.54) is 13.0 Å². The Bertz CT molecular complexity index is 790. The Kier molecular flexibility index (Phi) is 5.31. The van der Waals surface area contributed by atoms with Crippen LogP contribution in [0, 0.1) is 5.92 Å². The summed E-state index contributed by atoms with van der Waals surface area (Å²) in [5.41, 5.74) is -1.06. The molecule has 6 atom stereocenters. The molecule has 152 valence electrons. The lowest BCUT2D eigenvalue weighted by atomic mass is 9.80. The molecule has 2 fully saturated rings. The Morgan fingerprint density at radius 3 is 2.75 bits per heavy atom. The Balaban J connectivity index is 2.05. The van der Waals surface area contributed by atoms with Crippen LogP contribution in [-0.4, -0.2) is 64.6 Å². The Labute approximate surface area is 162 Å². The van der Waals surface area contributed by atoms with Gasteiger partial charge in [-0.3, -0.25) is 4.79 Å². The summed E-state index contributed by atoms with van der Waals surface area (Å²) in [4.78, 5) is 37.1. The van der Waals surface area contributed by atoms with Gasteiger partial charge in [0.05, 0.1) is 18.1 Å². The first-order valence-electron chi connectivity index (χ1n) is 9.08. The van der Waals surface area contributed by atoms with Crippen LogP contribution in [-0.2, 0) is 28.6 Å². The van der Waals surface area contributed by atoms with Gasteiger partial charge in [0, 0.05) is 23.1 Å². The van der Waals surface area contributed by atoms with Gasteiger partial charge in [0.2, 0.25) is 0 Å². The van der Waals surface area contributed by atoms with E-state index >= 15 is 0 Å². The van der Waals surface area contributed by atoms with Crippen molar-refractivity contribution in [3.8, 4) is 0 Å². The summed E-state index contributed by atoms with van der Waals surface area (Å²) >= 11 is 0. The van der Waals surface area contributed by atoms with Gasteiger partial charge >= 0.3 is 11.9 Å². The van der Waals surface area contributed by atoms with Crippen LogP contribution in [0.4, 0.5) is 0 Å². The predicted octanol–water partition coefficient (Wildman–Crippen LogP) is 0.372. The summed E-state index contributed by atoms with van der Waals surface area (Å²) < 4.78 is 16.3. The number of fused-ring (bicyclic) bond motifs is 2. The molecule has 6 unspecified atom stereocenters. The monoisotopic (exact) mass is 392 g/mol. The van der Waals surface area contributed by atoms with E-state index < -0.39 is 60.3 Å². The molecule has 8 nitrogen and oxygen atoms in total. The van der Waals surface area contributed by atoms with Gasteiger partial charge in [0.25, 0.3) is 0 Å². The van der Waals surface area contributed by atoms with Crippen molar-refractivity contribution in [2.75, 3.05) is 6.61 Å². The first-order valence-corrected chi connectivity index (χ1v) is 9.08. The predicted molar refractivity (Wildman–Crippen MR) is 95.9 cm³/mol. The average molecular weight is 392 g/mol. The third kappa shape index (κ3) is 3.55. The molecule has 0 aromatic rings. The maximum absolute atomic E-state index is 12.5. The van der Waals surface area contributed by atoms with Gasteiger partial charge in [-0.05, 0) is 26.8 Å². The Morgan fingerprint density at radius 2 is 2.14 bits per heavy atom. The van der Waals surface area contributed by atoms with Crippen molar-refractivity contribution in [3.05, 3.63) is 35.5 Å². The van der Waals surface area contributed by atoms with Crippen molar-refractivity contribution < 1.29 is 38.8 Å². The molecule has 2 N–H and O–H groups in total. The van der Waals surface area contributed by atoms with Crippen molar-refractivity contribution in [1.29, 1.82) is 0 Å². The number of aliphatic hydroxyl groups excluding tert-OH is 1. The van der Waals surface area contributed by atoms with Gasteiger partial charge in [0.15, 0.2) is 5.78 Å². The number of hydrogen-bond donors (Lipinski definition) is 2.